The maximum absolute atomic E-state index is 11.8. The van der Waals surface area contributed by atoms with Crippen molar-refractivity contribution < 1.29 is 9.21 Å². The van der Waals surface area contributed by atoms with Crippen LogP contribution in [-0.2, 0) is 11.3 Å². The van der Waals surface area contributed by atoms with Crippen LogP contribution in [0.15, 0.2) is 16.5 Å². The molecule has 0 bridgehead atoms. The highest BCUT2D eigenvalue weighted by atomic mass is 35.5. The van der Waals surface area contributed by atoms with Crippen LogP contribution in [0.1, 0.15) is 17.9 Å². The molecule has 0 aromatic carbocycles. The average Bonchev–Trinajstić information content (AvgIpc) is 2.48. The molecule has 90 valence electrons. The van der Waals surface area contributed by atoms with E-state index in [9.17, 15) is 4.79 Å². The predicted molar refractivity (Wildman–Crippen MR) is 63.6 cm³/mol. The van der Waals surface area contributed by atoms with Gasteiger partial charge in [0.2, 0.25) is 5.91 Å². The summed E-state index contributed by atoms with van der Waals surface area (Å²) in [6, 6.07) is 3.84. The first-order chi connectivity index (χ1) is 7.16. The Bertz CT molecular complexity index is 361. The average molecular weight is 245 g/mol. The molecule has 1 atom stereocenters. The van der Waals surface area contributed by atoms with Gasteiger partial charge in [-0.25, -0.2) is 0 Å². The van der Waals surface area contributed by atoms with Gasteiger partial charge in [-0.2, -0.15) is 0 Å². The molecule has 0 spiro atoms. The van der Waals surface area contributed by atoms with Gasteiger partial charge in [-0.1, -0.05) is 0 Å². The lowest BCUT2D eigenvalue weighted by Crippen LogP contribution is -2.53. The van der Waals surface area contributed by atoms with Crippen LogP contribution in [0.3, 0.4) is 0 Å². The van der Waals surface area contributed by atoms with Crippen molar-refractivity contribution in [3.8, 4) is 0 Å². The van der Waals surface area contributed by atoms with Crippen LogP contribution >= 0.6 is 12.4 Å². The van der Waals surface area contributed by atoms with E-state index in [0.717, 1.165) is 24.5 Å². The van der Waals surface area contributed by atoms with E-state index in [-0.39, 0.29) is 24.4 Å². The first kappa shape index (κ1) is 13.1. The van der Waals surface area contributed by atoms with Gasteiger partial charge in [0.05, 0.1) is 12.6 Å². The third-order valence-corrected chi connectivity index (χ3v) is 2.69. The molecule has 0 unspecified atom stereocenters. The van der Waals surface area contributed by atoms with Crippen molar-refractivity contribution in [1.82, 2.24) is 10.2 Å². The molecule has 1 amide bonds. The Morgan fingerprint density at radius 2 is 2.31 bits per heavy atom. The van der Waals surface area contributed by atoms with Gasteiger partial charge in [0.25, 0.3) is 0 Å². The second kappa shape index (κ2) is 5.37. The van der Waals surface area contributed by atoms with Gasteiger partial charge in [-0.05, 0) is 32.0 Å². The molecule has 2 rings (SSSR count). The minimum Gasteiger partial charge on any atom is -0.464 e. The van der Waals surface area contributed by atoms with Crippen LogP contribution in [0.25, 0.3) is 0 Å². The largest absolute Gasteiger partial charge is 0.464 e. The van der Waals surface area contributed by atoms with Crippen LogP contribution in [0, 0.1) is 6.92 Å². The van der Waals surface area contributed by atoms with E-state index in [0.29, 0.717) is 6.54 Å². The monoisotopic (exact) mass is 244 g/mol. The number of aryl methyl sites for hydroxylation is 1. The summed E-state index contributed by atoms with van der Waals surface area (Å²) in [6.07, 6.45) is 0.945. The maximum Gasteiger partial charge on any atom is 0.239 e. The highest BCUT2D eigenvalue weighted by Gasteiger charge is 2.27. The van der Waals surface area contributed by atoms with Gasteiger partial charge in [0, 0.05) is 7.05 Å². The molecule has 16 heavy (non-hydrogen) atoms. The summed E-state index contributed by atoms with van der Waals surface area (Å²) in [5.74, 6) is 1.87. The van der Waals surface area contributed by atoms with Crippen molar-refractivity contribution in [2.75, 3.05) is 13.6 Å². The number of carbonyl (C=O) groups is 1. The van der Waals surface area contributed by atoms with E-state index in [1.807, 2.05) is 19.1 Å². The molecular formula is C11H17ClN2O2. The molecule has 1 fully saturated rings. The summed E-state index contributed by atoms with van der Waals surface area (Å²) in [6.45, 7) is 3.40. The van der Waals surface area contributed by atoms with Crippen LogP contribution in [0.2, 0.25) is 0 Å². The number of furan rings is 1. The van der Waals surface area contributed by atoms with Crippen molar-refractivity contribution in [3.05, 3.63) is 23.7 Å². The highest BCUT2D eigenvalue weighted by Crippen LogP contribution is 2.11. The Morgan fingerprint density at radius 1 is 1.62 bits per heavy atom. The standard InChI is InChI=1S/C11H16N2O2.ClH/c1-8-3-4-9(15-8)7-13(2)11(14)10-5-6-12-10;/h3-4,10,12H,5-7H2,1-2H3;1H/t10-;/m1./s1. The van der Waals surface area contributed by atoms with Crippen LogP contribution in [-0.4, -0.2) is 30.4 Å². The van der Waals surface area contributed by atoms with Crippen molar-refractivity contribution in [2.45, 2.75) is 25.9 Å². The number of nitrogens with zero attached hydrogens (tertiary/aromatic N) is 1. The normalized spacial score (nSPS) is 18.5. The van der Waals surface area contributed by atoms with Crippen molar-refractivity contribution >= 4 is 18.3 Å². The molecule has 0 saturated carbocycles. The third-order valence-electron chi connectivity index (χ3n) is 2.69. The van der Waals surface area contributed by atoms with E-state index in [1.165, 1.54) is 0 Å². The molecule has 1 saturated heterocycles. The molecule has 1 aliphatic heterocycles. The van der Waals surface area contributed by atoms with Crippen LogP contribution < -0.4 is 5.32 Å². The summed E-state index contributed by atoms with van der Waals surface area (Å²) in [5, 5.41) is 3.10. The predicted octanol–water partition coefficient (Wildman–Crippen LogP) is 1.33. The zero-order chi connectivity index (χ0) is 10.8. The summed E-state index contributed by atoms with van der Waals surface area (Å²) >= 11 is 0. The lowest BCUT2D eigenvalue weighted by Gasteiger charge is -2.30. The quantitative estimate of drug-likeness (QED) is 0.873. The van der Waals surface area contributed by atoms with E-state index in [2.05, 4.69) is 5.32 Å². The number of hydrogen-bond donors (Lipinski definition) is 1. The first-order valence-electron chi connectivity index (χ1n) is 5.20. The Morgan fingerprint density at radius 3 is 2.75 bits per heavy atom. The number of amides is 1. The Kier molecular flexibility index (Phi) is 4.38. The minimum absolute atomic E-state index is 0. The summed E-state index contributed by atoms with van der Waals surface area (Å²) in [4.78, 5) is 13.5. The number of halogens is 1. The molecule has 4 nitrogen and oxygen atoms in total. The van der Waals surface area contributed by atoms with E-state index in [4.69, 9.17) is 4.42 Å². The Labute approximate surface area is 101 Å². The van der Waals surface area contributed by atoms with E-state index in [1.54, 1.807) is 11.9 Å². The number of hydrogen-bond acceptors (Lipinski definition) is 3. The van der Waals surface area contributed by atoms with Gasteiger partial charge < -0.3 is 14.6 Å². The smallest absolute Gasteiger partial charge is 0.239 e. The first-order valence-corrected chi connectivity index (χ1v) is 5.20. The molecule has 2 heterocycles. The minimum atomic E-state index is 0. The van der Waals surface area contributed by atoms with E-state index >= 15 is 0 Å². The van der Waals surface area contributed by atoms with Gasteiger partial charge in [-0.15, -0.1) is 12.4 Å². The SMILES string of the molecule is Cc1ccc(CN(C)C(=O)[C@H]2CCN2)o1.Cl. The molecule has 5 heteroatoms. The third kappa shape index (κ3) is 2.77. The zero-order valence-corrected chi connectivity index (χ0v) is 10.3. The molecule has 1 aromatic heterocycles. The molecule has 1 aromatic rings. The van der Waals surface area contributed by atoms with Crippen molar-refractivity contribution in [3.63, 3.8) is 0 Å². The fourth-order valence-corrected chi connectivity index (χ4v) is 1.65. The van der Waals surface area contributed by atoms with Gasteiger partial charge in [0.15, 0.2) is 0 Å². The highest BCUT2D eigenvalue weighted by molar-refractivity contribution is 5.85. The van der Waals surface area contributed by atoms with Gasteiger partial charge in [0.1, 0.15) is 11.5 Å². The van der Waals surface area contributed by atoms with Gasteiger partial charge >= 0.3 is 0 Å². The summed E-state index contributed by atoms with van der Waals surface area (Å²) < 4.78 is 5.42. The Balaban J connectivity index is 0.00000128. The van der Waals surface area contributed by atoms with E-state index < -0.39 is 0 Å². The molecule has 1 N–H and O–H groups in total. The van der Waals surface area contributed by atoms with Crippen molar-refractivity contribution in [1.29, 1.82) is 0 Å². The van der Waals surface area contributed by atoms with Crippen LogP contribution in [0.5, 0.6) is 0 Å². The molecule has 1 aliphatic rings. The fraction of sp³-hybridized carbons (Fsp3) is 0.545. The fourth-order valence-electron chi connectivity index (χ4n) is 1.65. The van der Waals surface area contributed by atoms with Gasteiger partial charge in [-0.3, -0.25) is 4.79 Å². The lowest BCUT2D eigenvalue weighted by atomic mass is 10.1. The second-order valence-corrected chi connectivity index (χ2v) is 4.00. The maximum atomic E-state index is 11.8. The molecular weight excluding hydrogens is 228 g/mol. The lowest BCUT2D eigenvalue weighted by molar-refractivity contribution is -0.134. The summed E-state index contributed by atoms with van der Waals surface area (Å²) in [7, 11) is 1.81. The molecule has 0 aliphatic carbocycles. The Hall–Kier alpha value is -1.00. The number of carbonyl (C=O) groups excluding carboxylic acids is 1. The molecule has 0 radical (unpaired) electrons. The number of likely N-dealkylation sites (N-methyl/N-ethyl adjacent to an activating group) is 1. The van der Waals surface area contributed by atoms with Crippen molar-refractivity contribution in [2.24, 2.45) is 0 Å². The number of rotatable bonds is 3. The zero-order valence-electron chi connectivity index (χ0n) is 9.53. The number of nitrogens with one attached hydrogen (secondary N) is 1. The van der Waals surface area contributed by atoms with Crippen LogP contribution in [0.4, 0.5) is 0 Å². The second-order valence-electron chi connectivity index (χ2n) is 4.00. The topological polar surface area (TPSA) is 45.5 Å². The summed E-state index contributed by atoms with van der Waals surface area (Å²) in [5.41, 5.74) is 0.